The number of esters is 1. The second kappa shape index (κ2) is 6.03. The molecule has 0 aromatic heterocycles. The molecule has 0 amide bonds. The Hall–Kier alpha value is -1.55. The number of benzene rings is 1. The zero-order valence-corrected chi connectivity index (χ0v) is 8.90. The summed E-state index contributed by atoms with van der Waals surface area (Å²) in [5, 5.41) is 2.82. The zero-order valence-electron chi connectivity index (χ0n) is 8.90. The topological polar surface area (TPSA) is 47.6 Å². The molecule has 0 saturated heterocycles. The van der Waals surface area contributed by atoms with Crippen LogP contribution in [-0.4, -0.2) is 32.8 Å². The molecule has 1 rings (SSSR count). The number of ether oxygens (including phenoxy) is 2. The molecule has 1 atom stereocenters. The second-order valence-corrected chi connectivity index (χ2v) is 2.99. The van der Waals surface area contributed by atoms with Crippen LogP contribution < -0.4 is 10.1 Å². The Kier molecular flexibility index (Phi) is 4.63. The highest BCUT2D eigenvalue weighted by atomic mass is 16.5. The van der Waals surface area contributed by atoms with Crippen LogP contribution in [0.4, 0.5) is 0 Å². The first kappa shape index (κ1) is 11.5. The summed E-state index contributed by atoms with van der Waals surface area (Å²) < 4.78 is 10.0. The molecule has 1 aromatic carbocycles. The molecule has 4 nitrogen and oxygen atoms in total. The van der Waals surface area contributed by atoms with Crippen LogP contribution in [0.3, 0.4) is 0 Å². The second-order valence-electron chi connectivity index (χ2n) is 2.99. The highest BCUT2D eigenvalue weighted by Crippen LogP contribution is 2.08. The molecular weight excluding hydrogens is 194 g/mol. The molecule has 0 saturated carbocycles. The third-order valence-corrected chi connectivity index (χ3v) is 1.99. The summed E-state index contributed by atoms with van der Waals surface area (Å²) in [6.07, 6.45) is 0. The predicted molar refractivity (Wildman–Crippen MR) is 56.8 cm³/mol. The SMILES string of the molecule is CNC(COc1ccccc1)C(=O)OC. The minimum absolute atomic E-state index is 0.257. The summed E-state index contributed by atoms with van der Waals surface area (Å²) in [6, 6.07) is 8.90. The van der Waals surface area contributed by atoms with Crippen LogP contribution in [0.1, 0.15) is 0 Å². The molecule has 0 aliphatic heterocycles. The largest absolute Gasteiger partial charge is 0.491 e. The van der Waals surface area contributed by atoms with Gasteiger partial charge in [0.1, 0.15) is 18.4 Å². The van der Waals surface area contributed by atoms with Crippen LogP contribution >= 0.6 is 0 Å². The van der Waals surface area contributed by atoms with E-state index in [9.17, 15) is 4.79 Å². The molecule has 0 spiro atoms. The van der Waals surface area contributed by atoms with Gasteiger partial charge in [-0.25, -0.2) is 0 Å². The average Bonchev–Trinajstić information content (AvgIpc) is 2.31. The third kappa shape index (κ3) is 3.59. The van der Waals surface area contributed by atoms with E-state index in [1.807, 2.05) is 30.3 Å². The van der Waals surface area contributed by atoms with E-state index in [2.05, 4.69) is 10.1 Å². The molecule has 0 bridgehead atoms. The molecule has 0 fully saturated rings. The van der Waals surface area contributed by atoms with E-state index in [0.717, 1.165) is 5.75 Å². The quantitative estimate of drug-likeness (QED) is 0.729. The zero-order chi connectivity index (χ0) is 11.1. The lowest BCUT2D eigenvalue weighted by atomic mass is 10.3. The summed E-state index contributed by atoms with van der Waals surface area (Å²) in [5.74, 6) is 0.412. The minimum atomic E-state index is -0.435. The van der Waals surface area contributed by atoms with Crippen LogP contribution in [0.25, 0.3) is 0 Å². The van der Waals surface area contributed by atoms with Gasteiger partial charge in [-0.05, 0) is 19.2 Å². The summed E-state index contributed by atoms with van der Waals surface area (Å²) in [4.78, 5) is 11.2. The minimum Gasteiger partial charge on any atom is -0.491 e. The van der Waals surface area contributed by atoms with Crippen molar-refractivity contribution >= 4 is 5.97 Å². The highest BCUT2D eigenvalue weighted by molar-refractivity contribution is 5.75. The van der Waals surface area contributed by atoms with Gasteiger partial charge in [-0.2, -0.15) is 0 Å². The van der Waals surface area contributed by atoms with E-state index in [4.69, 9.17) is 4.74 Å². The fourth-order valence-corrected chi connectivity index (χ4v) is 1.11. The maximum Gasteiger partial charge on any atom is 0.326 e. The van der Waals surface area contributed by atoms with Crippen LogP contribution in [0.2, 0.25) is 0 Å². The van der Waals surface area contributed by atoms with Gasteiger partial charge in [0.05, 0.1) is 7.11 Å². The molecule has 0 heterocycles. The molecule has 0 aliphatic carbocycles. The van der Waals surface area contributed by atoms with Crippen molar-refractivity contribution in [2.45, 2.75) is 6.04 Å². The lowest BCUT2D eigenvalue weighted by molar-refractivity contribution is -0.143. The van der Waals surface area contributed by atoms with Gasteiger partial charge >= 0.3 is 5.97 Å². The van der Waals surface area contributed by atoms with Gasteiger partial charge in [-0.1, -0.05) is 18.2 Å². The Morgan fingerprint density at radius 3 is 2.60 bits per heavy atom. The van der Waals surface area contributed by atoms with Crippen molar-refractivity contribution in [1.82, 2.24) is 5.32 Å². The fraction of sp³-hybridized carbons (Fsp3) is 0.364. The molecular formula is C11H15NO3. The number of carbonyl (C=O) groups excluding carboxylic acids is 1. The van der Waals surface area contributed by atoms with Crippen molar-refractivity contribution in [1.29, 1.82) is 0 Å². The number of nitrogens with one attached hydrogen (secondary N) is 1. The molecule has 82 valence electrons. The first-order valence-corrected chi connectivity index (χ1v) is 4.71. The number of rotatable bonds is 5. The van der Waals surface area contributed by atoms with Crippen LogP contribution in [-0.2, 0) is 9.53 Å². The van der Waals surface area contributed by atoms with Gasteiger partial charge in [0.2, 0.25) is 0 Å². The Morgan fingerprint density at radius 1 is 1.40 bits per heavy atom. The van der Waals surface area contributed by atoms with Gasteiger partial charge in [-0.3, -0.25) is 4.79 Å². The van der Waals surface area contributed by atoms with Crippen molar-refractivity contribution in [3.63, 3.8) is 0 Å². The standard InChI is InChI=1S/C11H15NO3/c1-12-10(11(13)14-2)8-15-9-6-4-3-5-7-9/h3-7,10,12H,8H2,1-2H3. The molecule has 0 aliphatic rings. The molecule has 0 radical (unpaired) electrons. The normalized spacial score (nSPS) is 11.9. The summed E-state index contributed by atoms with van der Waals surface area (Å²) >= 11 is 0. The van der Waals surface area contributed by atoms with Gasteiger partial charge in [0.15, 0.2) is 0 Å². The summed E-state index contributed by atoms with van der Waals surface area (Å²) in [7, 11) is 3.05. The smallest absolute Gasteiger partial charge is 0.326 e. The number of methoxy groups -OCH3 is 1. The Labute approximate surface area is 89.2 Å². The maximum atomic E-state index is 11.2. The first-order valence-electron chi connectivity index (χ1n) is 4.71. The predicted octanol–water partition coefficient (Wildman–Crippen LogP) is 0.826. The van der Waals surface area contributed by atoms with E-state index < -0.39 is 6.04 Å². The Morgan fingerprint density at radius 2 is 2.07 bits per heavy atom. The van der Waals surface area contributed by atoms with Crippen LogP contribution in [0.15, 0.2) is 30.3 Å². The van der Waals surface area contributed by atoms with Crippen molar-refractivity contribution < 1.29 is 14.3 Å². The van der Waals surface area contributed by atoms with E-state index >= 15 is 0 Å². The number of hydrogen-bond acceptors (Lipinski definition) is 4. The molecule has 1 aromatic rings. The van der Waals surface area contributed by atoms with Crippen molar-refractivity contribution in [2.24, 2.45) is 0 Å². The monoisotopic (exact) mass is 209 g/mol. The Bertz CT molecular complexity index is 300. The van der Waals surface area contributed by atoms with E-state index in [-0.39, 0.29) is 12.6 Å². The molecule has 1 N–H and O–H groups in total. The van der Waals surface area contributed by atoms with Crippen molar-refractivity contribution in [3.05, 3.63) is 30.3 Å². The van der Waals surface area contributed by atoms with Crippen LogP contribution in [0, 0.1) is 0 Å². The number of hydrogen-bond donors (Lipinski definition) is 1. The fourth-order valence-electron chi connectivity index (χ4n) is 1.11. The van der Waals surface area contributed by atoms with Gasteiger partial charge in [0.25, 0.3) is 0 Å². The highest BCUT2D eigenvalue weighted by Gasteiger charge is 2.17. The lowest BCUT2D eigenvalue weighted by Gasteiger charge is -2.14. The maximum absolute atomic E-state index is 11.2. The van der Waals surface area contributed by atoms with Gasteiger partial charge < -0.3 is 14.8 Å². The van der Waals surface area contributed by atoms with Crippen molar-refractivity contribution in [2.75, 3.05) is 20.8 Å². The number of likely N-dealkylation sites (N-methyl/N-ethyl adjacent to an activating group) is 1. The third-order valence-electron chi connectivity index (χ3n) is 1.99. The first-order chi connectivity index (χ1) is 7.27. The number of carbonyl (C=O) groups is 1. The molecule has 15 heavy (non-hydrogen) atoms. The summed E-state index contributed by atoms with van der Waals surface area (Å²) in [6.45, 7) is 0.257. The molecule has 4 heteroatoms. The van der Waals surface area contributed by atoms with Gasteiger partial charge in [0, 0.05) is 0 Å². The van der Waals surface area contributed by atoms with Crippen molar-refractivity contribution in [3.8, 4) is 5.75 Å². The average molecular weight is 209 g/mol. The Balaban J connectivity index is 2.44. The van der Waals surface area contributed by atoms with Crippen LogP contribution in [0.5, 0.6) is 5.75 Å². The van der Waals surface area contributed by atoms with E-state index in [0.29, 0.717) is 0 Å². The molecule has 1 unspecified atom stereocenters. The van der Waals surface area contributed by atoms with Gasteiger partial charge in [-0.15, -0.1) is 0 Å². The number of para-hydroxylation sites is 1. The summed E-state index contributed by atoms with van der Waals surface area (Å²) in [5.41, 5.74) is 0. The van der Waals surface area contributed by atoms with E-state index in [1.54, 1.807) is 7.05 Å². The lowest BCUT2D eigenvalue weighted by Crippen LogP contribution is -2.40. The van der Waals surface area contributed by atoms with E-state index in [1.165, 1.54) is 7.11 Å².